The van der Waals surface area contributed by atoms with E-state index < -0.39 is 0 Å². The Morgan fingerprint density at radius 3 is 2.62 bits per heavy atom. The van der Waals surface area contributed by atoms with Crippen molar-refractivity contribution in [2.45, 2.75) is 20.8 Å². The number of amides is 1. The molecule has 0 fully saturated rings. The summed E-state index contributed by atoms with van der Waals surface area (Å²) < 4.78 is 5.58. The predicted molar refractivity (Wildman–Crippen MR) is 100 cm³/mol. The van der Waals surface area contributed by atoms with Crippen LogP contribution in [0, 0.1) is 20.8 Å². The summed E-state index contributed by atoms with van der Waals surface area (Å²) in [4.78, 5) is 18.8. The van der Waals surface area contributed by atoms with E-state index in [1.165, 1.54) is 11.3 Å². The average molecular weight is 358 g/mol. The molecular weight excluding hydrogens is 340 g/mol. The van der Waals surface area contributed by atoms with Gasteiger partial charge < -0.3 is 4.74 Å². The lowest BCUT2D eigenvalue weighted by atomic mass is 10.1. The van der Waals surface area contributed by atoms with Crippen LogP contribution in [0.15, 0.2) is 35.7 Å². The zero-order valence-electron chi connectivity index (χ0n) is 13.8. The Morgan fingerprint density at radius 2 is 1.96 bits per heavy atom. The Morgan fingerprint density at radius 1 is 1.21 bits per heavy atom. The van der Waals surface area contributed by atoms with Gasteiger partial charge in [0.1, 0.15) is 5.75 Å². The van der Waals surface area contributed by atoms with E-state index in [0.717, 1.165) is 26.6 Å². The van der Waals surface area contributed by atoms with Crippen molar-refractivity contribution in [3.8, 4) is 16.3 Å². The molecule has 0 saturated carbocycles. The van der Waals surface area contributed by atoms with Crippen molar-refractivity contribution in [1.29, 1.82) is 0 Å². The van der Waals surface area contributed by atoms with Crippen molar-refractivity contribution in [3.63, 3.8) is 0 Å². The highest BCUT2D eigenvalue weighted by Crippen LogP contribution is 2.32. The number of carbonyl (C=O) groups is 1. The maximum Gasteiger partial charge on any atom is 0.264 e. The van der Waals surface area contributed by atoms with E-state index in [-0.39, 0.29) is 12.5 Å². The maximum atomic E-state index is 12.1. The summed E-state index contributed by atoms with van der Waals surface area (Å²) in [5, 5.41) is 5.43. The predicted octanol–water partition coefficient (Wildman–Crippen LogP) is 4.81. The topological polar surface area (TPSA) is 51.2 Å². The first-order chi connectivity index (χ1) is 11.5. The summed E-state index contributed by atoms with van der Waals surface area (Å²) in [5.41, 5.74) is 3.16. The van der Waals surface area contributed by atoms with Crippen LogP contribution in [-0.4, -0.2) is 17.5 Å². The fourth-order valence-corrected chi connectivity index (χ4v) is 4.09. The first-order valence-electron chi connectivity index (χ1n) is 7.53. The lowest BCUT2D eigenvalue weighted by Crippen LogP contribution is -2.20. The molecule has 0 aliphatic heterocycles. The Bertz CT molecular complexity index is 834. The van der Waals surface area contributed by atoms with Crippen LogP contribution in [0.1, 0.15) is 16.0 Å². The second kappa shape index (κ2) is 7.15. The van der Waals surface area contributed by atoms with Crippen molar-refractivity contribution >= 4 is 33.7 Å². The van der Waals surface area contributed by atoms with E-state index in [0.29, 0.717) is 10.9 Å². The van der Waals surface area contributed by atoms with E-state index in [2.05, 4.69) is 16.4 Å². The van der Waals surface area contributed by atoms with Gasteiger partial charge >= 0.3 is 0 Å². The molecule has 124 valence electrons. The molecule has 6 heteroatoms. The number of aromatic nitrogens is 1. The molecule has 1 N–H and O–H groups in total. The van der Waals surface area contributed by atoms with Crippen molar-refractivity contribution < 1.29 is 9.53 Å². The molecule has 0 aliphatic carbocycles. The SMILES string of the molecule is Cc1cc(C)cc(OCC(=O)Nc2nc(-c3cccs3)c(C)s2)c1. The molecule has 24 heavy (non-hydrogen) atoms. The summed E-state index contributed by atoms with van der Waals surface area (Å²) in [6.07, 6.45) is 0. The zero-order chi connectivity index (χ0) is 17.1. The van der Waals surface area contributed by atoms with Crippen LogP contribution >= 0.6 is 22.7 Å². The minimum Gasteiger partial charge on any atom is -0.484 e. The summed E-state index contributed by atoms with van der Waals surface area (Å²) in [6.45, 7) is 5.99. The van der Waals surface area contributed by atoms with Crippen LogP contribution in [-0.2, 0) is 4.79 Å². The van der Waals surface area contributed by atoms with Gasteiger partial charge in [-0.2, -0.15) is 0 Å². The van der Waals surface area contributed by atoms with E-state index in [9.17, 15) is 4.79 Å². The molecule has 0 spiro atoms. The number of thiophene rings is 1. The van der Waals surface area contributed by atoms with Crippen molar-refractivity contribution in [3.05, 3.63) is 51.7 Å². The highest BCUT2D eigenvalue weighted by Gasteiger charge is 2.13. The summed E-state index contributed by atoms with van der Waals surface area (Å²) in [6, 6.07) is 9.93. The van der Waals surface area contributed by atoms with Crippen LogP contribution < -0.4 is 10.1 Å². The lowest BCUT2D eigenvalue weighted by molar-refractivity contribution is -0.118. The molecular formula is C18H18N2O2S2. The Kier molecular flexibility index (Phi) is 4.97. The molecule has 1 amide bonds. The lowest BCUT2D eigenvalue weighted by Gasteiger charge is -2.07. The molecule has 1 aromatic carbocycles. The summed E-state index contributed by atoms with van der Waals surface area (Å²) >= 11 is 3.11. The molecule has 3 aromatic rings. The van der Waals surface area contributed by atoms with E-state index in [1.54, 1.807) is 11.3 Å². The minimum absolute atomic E-state index is 0.0319. The molecule has 2 aromatic heterocycles. The number of ether oxygens (including phenoxy) is 1. The molecule has 0 unspecified atom stereocenters. The quantitative estimate of drug-likeness (QED) is 0.712. The average Bonchev–Trinajstić information content (AvgIpc) is 3.13. The van der Waals surface area contributed by atoms with Crippen LogP contribution in [0.25, 0.3) is 10.6 Å². The molecule has 0 atom stereocenters. The first kappa shape index (κ1) is 16.7. The monoisotopic (exact) mass is 358 g/mol. The zero-order valence-corrected chi connectivity index (χ0v) is 15.4. The molecule has 0 bridgehead atoms. The number of hydrogen-bond acceptors (Lipinski definition) is 5. The van der Waals surface area contributed by atoms with Crippen molar-refractivity contribution in [2.24, 2.45) is 0 Å². The summed E-state index contributed by atoms with van der Waals surface area (Å²) in [5.74, 6) is 0.498. The number of aryl methyl sites for hydroxylation is 3. The van der Waals surface area contributed by atoms with Gasteiger partial charge in [0, 0.05) is 4.88 Å². The van der Waals surface area contributed by atoms with Crippen LogP contribution in [0.3, 0.4) is 0 Å². The second-order valence-corrected chi connectivity index (χ2v) is 7.71. The fraction of sp³-hybridized carbons (Fsp3) is 0.222. The third-order valence-corrected chi connectivity index (χ3v) is 5.13. The van der Waals surface area contributed by atoms with Gasteiger partial charge in [-0.05, 0) is 55.5 Å². The Labute approximate surface area is 149 Å². The molecule has 0 aliphatic rings. The van der Waals surface area contributed by atoms with E-state index in [4.69, 9.17) is 4.74 Å². The fourth-order valence-electron chi connectivity index (χ4n) is 2.41. The number of benzene rings is 1. The highest BCUT2D eigenvalue weighted by atomic mass is 32.1. The van der Waals surface area contributed by atoms with Gasteiger partial charge in [0.15, 0.2) is 11.7 Å². The molecule has 0 radical (unpaired) electrons. The Hall–Kier alpha value is -2.18. The van der Waals surface area contributed by atoms with Gasteiger partial charge in [-0.3, -0.25) is 10.1 Å². The third kappa shape index (κ3) is 4.01. The maximum absolute atomic E-state index is 12.1. The smallest absolute Gasteiger partial charge is 0.264 e. The minimum atomic E-state index is -0.208. The van der Waals surface area contributed by atoms with Crippen LogP contribution in [0.2, 0.25) is 0 Å². The number of rotatable bonds is 5. The van der Waals surface area contributed by atoms with Gasteiger partial charge in [0.05, 0.1) is 10.6 Å². The number of carbonyl (C=O) groups excluding carboxylic acids is 1. The highest BCUT2D eigenvalue weighted by molar-refractivity contribution is 7.17. The molecule has 0 saturated heterocycles. The number of hydrogen-bond donors (Lipinski definition) is 1. The Balaban J connectivity index is 1.62. The number of thiazole rings is 1. The van der Waals surface area contributed by atoms with E-state index >= 15 is 0 Å². The first-order valence-corrected chi connectivity index (χ1v) is 9.23. The number of nitrogens with one attached hydrogen (secondary N) is 1. The normalized spacial score (nSPS) is 10.6. The number of anilines is 1. The van der Waals surface area contributed by atoms with E-state index in [1.807, 2.05) is 50.4 Å². The van der Waals surface area contributed by atoms with Gasteiger partial charge in [-0.1, -0.05) is 12.1 Å². The van der Waals surface area contributed by atoms with Crippen LogP contribution in [0.4, 0.5) is 5.13 Å². The standard InChI is InChI=1S/C18H18N2O2S2/c1-11-7-12(2)9-14(8-11)22-10-16(21)19-18-20-17(13(3)24-18)15-5-4-6-23-15/h4-9H,10H2,1-3H3,(H,19,20,21). The van der Waals surface area contributed by atoms with Crippen molar-refractivity contribution in [1.82, 2.24) is 4.98 Å². The van der Waals surface area contributed by atoms with Crippen molar-refractivity contribution in [2.75, 3.05) is 11.9 Å². The van der Waals surface area contributed by atoms with Gasteiger partial charge in [-0.15, -0.1) is 22.7 Å². The molecule has 3 rings (SSSR count). The third-order valence-electron chi connectivity index (χ3n) is 3.36. The summed E-state index contributed by atoms with van der Waals surface area (Å²) in [7, 11) is 0. The van der Waals surface area contributed by atoms with Gasteiger partial charge in [-0.25, -0.2) is 4.98 Å². The van der Waals surface area contributed by atoms with Gasteiger partial charge in [0.25, 0.3) is 5.91 Å². The second-order valence-electron chi connectivity index (χ2n) is 5.56. The molecule has 2 heterocycles. The number of nitrogens with zero attached hydrogens (tertiary/aromatic N) is 1. The molecule has 4 nitrogen and oxygen atoms in total. The van der Waals surface area contributed by atoms with Crippen LogP contribution in [0.5, 0.6) is 5.75 Å². The van der Waals surface area contributed by atoms with Gasteiger partial charge in [0.2, 0.25) is 0 Å². The largest absolute Gasteiger partial charge is 0.484 e.